The Kier molecular flexibility index (Phi) is 6.91. The van der Waals surface area contributed by atoms with Crippen LogP contribution in [-0.2, 0) is 4.74 Å². The molecule has 2 N–H and O–H groups in total. The molecule has 198 valence electrons. The third-order valence-corrected chi connectivity index (χ3v) is 7.92. The number of ether oxygens (including phenoxy) is 2. The van der Waals surface area contributed by atoms with Crippen LogP contribution in [0.25, 0.3) is 21.7 Å². The number of aromatic nitrogens is 1. The Morgan fingerprint density at radius 2 is 1.87 bits per heavy atom. The molecule has 0 bridgehead atoms. The van der Waals surface area contributed by atoms with E-state index in [-0.39, 0.29) is 11.3 Å². The lowest BCUT2D eigenvalue weighted by atomic mass is 9.89. The second-order valence-electron chi connectivity index (χ2n) is 10.3. The minimum atomic E-state index is -1.10. The van der Waals surface area contributed by atoms with E-state index >= 15 is 0 Å². The topological polar surface area (TPSA) is 105 Å². The monoisotopic (exact) mass is 516 g/mol. The maximum atomic E-state index is 12.3. The van der Waals surface area contributed by atoms with Crippen molar-refractivity contribution in [2.24, 2.45) is 5.92 Å². The molecule has 1 aliphatic heterocycles. The molecule has 0 amide bonds. The molecule has 1 atom stereocenters. The summed E-state index contributed by atoms with van der Waals surface area (Å²) in [6.45, 7) is 2.97. The molecule has 0 spiro atoms. The number of carboxylic acid groups (broad SMARTS) is 1. The van der Waals surface area contributed by atoms with Gasteiger partial charge in [-0.3, -0.25) is 4.90 Å². The Balaban J connectivity index is 1.50. The quantitative estimate of drug-likeness (QED) is 0.319. The molecule has 8 heteroatoms. The first-order valence-electron chi connectivity index (χ1n) is 13.4. The van der Waals surface area contributed by atoms with Crippen molar-refractivity contribution in [1.29, 1.82) is 0 Å². The number of phenols is 1. The number of fused-ring (bicyclic) bond motifs is 3. The molecule has 2 aromatic heterocycles. The largest absolute Gasteiger partial charge is 0.507 e. The number of pyridine rings is 1. The van der Waals surface area contributed by atoms with E-state index in [0.29, 0.717) is 72.0 Å². The fourth-order valence-electron chi connectivity index (χ4n) is 6.02. The predicted octanol–water partition coefficient (Wildman–Crippen LogP) is 5.77. The summed E-state index contributed by atoms with van der Waals surface area (Å²) in [5.41, 5.74) is 1.85. The van der Waals surface area contributed by atoms with Crippen LogP contribution in [0.15, 0.2) is 53.3 Å². The first-order valence-corrected chi connectivity index (χ1v) is 13.4. The van der Waals surface area contributed by atoms with Crippen LogP contribution < -0.4 is 4.74 Å². The van der Waals surface area contributed by atoms with Gasteiger partial charge in [-0.2, -0.15) is 0 Å². The van der Waals surface area contributed by atoms with Crippen LogP contribution in [0.2, 0.25) is 0 Å². The molecule has 8 nitrogen and oxygen atoms in total. The van der Waals surface area contributed by atoms with Gasteiger partial charge in [-0.25, -0.2) is 9.78 Å². The first kappa shape index (κ1) is 24.7. The Labute approximate surface area is 220 Å². The molecule has 3 heterocycles. The van der Waals surface area contributed by atoms with Crippen molar-refractivity contribution in [2.75, 3.05) is 32.9 Å². The van der Waals surface area contributed by atoms with Gasteiger partial charge in [0.05, 0.1) is 25.9 Å². The van der Waals surface area contributed by atoms with E-state index in [2.05, 4.69) is 9.88 Å². The van der Waals surface area contributed by atoms with Gasteiger partial charge >= 0.3 is 5.97 Å². The van der Waals surface area contributed by atoms with Crippen LogP contribution in [0.1, 0.15) is 59.6 Å². The van der Waals surface area contributed by atoms with Crippen molar-refractivity contribution in [3.05, 3.63) is 65.5 Å². The maximum absolute atomic E-state index is 12.3. The fourth-order valence-corrected chi connectivity index (χ4v) is 6.02. The number of morpholine rings is 1. The van der Waals surface area contributed by atoms with Crippen LogP contribution in [-0.4, -0.2) is 59.0 Å². The van der Waals surface area contributed by atoms with E-state index in [1.807, 2.05) is 36.4 Å². The zero-order valence-corrected chi connectivity index (χ0v) is 21.3. The molecular formula is C30H32N2O6. The molecule has 2 aromatic carbocycles. The highest BCUT2D eigenvalue weighted by atomic mass is 16.5. The molecular weight excluding hydrogens is 484 g/mol. The summed E-state index contributed by atoms with van der Waals surface area (Å²) in [6.07, 6.45) is 9.13. The van der Waals surface area contributed by atoms with Gasteiger partial charge in [0.1, 0.15) is 23.2 Å². The van der Waals surface area contributed by atoms with E-state index in [0.717, 1.165) is 5.56 Å². The van der Waals surface area contributed by atoms with Crippen LogP contribution in [0.5, 0.6) is 11.6 Å². The molecule has 1 saturated carbocycles. The highest BCUT2D eigenvalue weighted by Crippen LogP contribution is 2.46. The van der Waals surface area contributed by atoms with E-state index in [4.69, 9.17) is 13.9 Å². The number of aromatic carboxylic acids is 1. The number of nitrogens with zero attached hydrogens (tertiary/aromatic N) is 2. The summed E-state index contributed by atoms with van der Waals surface area (Å²) >= 11 is 0. The molecule has 6 rings (SSSR count). The van der Waals surface area contributed by atoms with Crippen molar-refractivity contribution in [1.82, 2.24) is 9.88 Å². The molecule has 1 unspecified atom stereocenters. The number of rotatable bonds is 7. The number of carbonyl (C=O) groups is 1. The van der Waals surface area contributed by atoms with Gasteiger partial charge in [0, 0.05) is 47.1 Å². The number of hydrogen-bond donors (Lipinski definition) is 2. The summed E-state index contributed by atoms with van der Waals surface area (Å²) in [4.78, 5) is 19.0. The number of phenolic OH excluding ortho intramolecular Hbond substituents is 1. The van der Waals surface area contributed by atoms with Crippen molar-refractivity contribution < 1.29 is 28.9 Å². The zero-order chi connectivity index (χ0) is 26.1. The van der Waals surface area contributed by atoms with Gasteiger partial charge in [0.25, 0.3) is 0 Å². The summed E-state index contributed by atoms with van der Waals surface area (Å²) in [7, 11) is 0. The minimum absolute atomic E-state index is 0.0251. The summed E-state index contributed by atoms with van der Waals surface area (Å²) in [6, 6.07) is 10.7. The van der Waals surface area contributed by atoms with Crippen molar-refractivity contribution >= 4 is 27.7 Å². The molecule has 38 heavy (non-hydrogen) atoms. The van der Waals surface area contributed by atoms with E-state index in [9.17, 15) is 15.0 Å². The summed E-state index contributed by atoms with van der Waals surface area (Å²) < 4.78 is 17.6. The lowest BCUT2D eigenvalue weighted by molar-refractivity contribution is 0.0237. The van der Waals surface area contributed by atoms with Crippen LogP contribution >= 0.6 is 0 Å². The van der Waals surface area contributed by atoms with E-state index < -0.39 is 12.0 Å². The zero-order valence-electron chi connectivity index (χ0n) is 21.3. The SMILES string of the molecule is O=C(O)c1coc2c1c(C(c1ccnc(OCC3CCCCC3)c1)N1CCOCC1)c(O)c1ccccc12. The Bertz CT molecular complexity index is 1450. The van der Waals surface area contributed by atoms with Crippen molar-refractivity contribution in [3.63, 3.8) is 0 Å². The number of furan rings is 1. The van der Waals surface area contributed by atoms with Crippen molar-refractivity contribution in [3.8, 4) is 11.6 Å². The maximum Gasteiger partial charge on any atom is 0.339 e. The standard InChI is InChI=1S/C30H32N2O6/c33-28-21-8-4-5-9-22(21)29-25(23(18-38-29)30(34)35)26(28)27(32-12-14-36-15-13-32)20-10-11-31-24(16-20)37-17-19-6-2-1-3-7-19/h4-5,8-11,16,18-19,27,33H,1-3,6-7,12-15,17H2,(H,34,35). The molecule has 1 aliphatic carbocycles. The summed E-state index contributed by atoms with van der Waals surface area (Å²) in [5, 5.41) is 23.5. The second kappa shape index (κ2) is 10.6. The third kappa shape index (κ3) is 4.59. The van der Waals surface area contributed by atoms with Gasteiger partial charge in [0.2, 0.25) is 5.88 Å². The minimum Gasteiger partial charge on any atom is -0.507 e. The molecule has 4 aromatic rings. The number of hydrogen-bond acceptors (Lipinski definition) is 7. The van der Waals surface area contributed by atoms with Gasteiger partial charge in [0.15, 0.2) is 0 Å². The van der Waals surface area contributed by atoms with Crippen LogP contribution in [0.4, 0.5) is 0 Å². The van der Waals surface area contributed by atoms with Gasteiger partial charge in [-0.15, -0.1) is 0 Å². The molecule has 2 aliphatic rings. The Hall–Kier alpha value is -3.62. The lowest BCUT2D eigenvalue weighted by Crippen LogP contribution is -2.39. The fraction of sp³-hybridized carbons (Fsp3) is 0.400. The first-order chi connectivity index (χ1) is 18.6. The molecule has 0 radical (unpaired) electrons. The Morgan fingerprint density at radius 3 is 2.63 bits per heavy atom. The van der Waals surface area contributed by atoms with E-state index in [1.165, 1.54) is 38.4 Å². The van der Waals surface area contributed by atoms with Gasteiger partial charge in [-0.1, -0.05) is 43.5 Å². The Morgan fingerprint density at radius 1 is 1.11 bits per heavy atom. The second-order valence-corrected chi connectivity index (χ2v) is 10.3. The van der Waals surface area contributed by atoms with Crippen LogP contribution in [0, 0.1) is 5.92 Å². The molecule has 1 saturated heterocycles. The van der Waals surface area contributed by atoms with E-state index in [1.54, 1.807) is 6.20 Å². The van der Waals surface area contributed by atoms with Crippen molar-refractivity contribution in [2.45, 2.75) is 38.1 Å². The highest BCUT2D eigenvalue weighted by molar-refractivity contribution is 6.15. The number of benzene rings is 2. The van der Waals surface area contributed by atoms with Gasteiger partial charge < -0.3 is 24.1 Å². The highest BCUT2D eigenvalue weighted by Gasteiger charge is 2.33. The third-order valence-electron chi connectivity index (χ3n) is 7.92. The summed E-state index contributed by atoms with van der Waals surface area (Å²) in [5.74, 6) is 0.0209. The normalized spacial score (nSPS) is 18.1. The number of carboxylic acids is 1. The van der Waals surface area contributed by atoms with Gasteiger partial charge in [-0.05, 0) is 30.4 Å². The smallest absolute Gasteiger partial charge is 0.339 e. The lowest BCUT2D eigenvalue weighted by Gasteiger charge is -2.36. The number of aromatic hydroxyl groups is 1. The average Bonchev–Trinajstić information content (AvgIpc) is 3.41. The van der Waals surface area contributed by atoms with Crippen LogP contribution in [0.3, 0.4) is 0 Å². The average molecular weight is 517 g/mol. The molecule has 2 fully saturated rings. The predicted molar refractivity (Wildman–Crippen MR) is 143 cm³/mol.